The lowest BCUT2D eigenvalue weighted by Crippen LogP contribution is -2.26. The van der Waals surface area contributed by atoms with Crippen molar-refractivity contribution in [3.05, 3.63) is 36.0 Å². The summed E-state index contributed by atoms with van der Waals surface area (Å²) in [5, 5.41) is 7.88. The average molecular weight is 243 g/mol. The highest BCUT2D eigenvalue weighted by molar-refractivity contribution is 5.91. The Bertz CT molecular complexity index is 541. The molecule has 0 unspecified atom stereocenters. The quantitative estimate of drug-likeness (QED) is 0.869. The number of nitrogens with one attached hydrogen (secondary N) is 2. The van der Waals surface area contributed by atoms with Crippen LogP contribution < -0.4 is 10.6 Å². The minimum absolute atomic E-state index is 0.0427. The molecule has 18 heavy (non-hydrogen) atoms. The lowest BCUT2D eigenvalue weighted by molar-refractivity contribution is 0.634. The lowest BCUT2D eigenvalue weighted by atomic mass is 10.1. The molecule has 1 heterocycles. The Kier molecular flexibility index (Phi) is 3.53. The monoisotopic (exact) mass is 243 g/mol. The summed E-state index contributed by atoms with van der Waals surface area (Å²) in [6.07, 6.45) is 0. The first kappa shape index (κ1) is 12.8. The molecule has 2 N–H and O–H groups in total. The van der Waals surface area contributed by atoms with Gasteiger partial charge in [-0.15, -0.1) is 0 Å². The van der Waals surface area contributed by atoms with Gasteiger partial charge in [-0.3, -0.25) is 4.98 Å². The van der Waals surface area contributed by atoms with Crippen LogP contribution in [0.4, 0.5) is 5.69 Å². The van der Waals surface area contributed by atoms with Crippen molar-refractivity contribution < 1.29 is 0 Å². The molecule has 0 amide bonds. The molecule has 0 aliphatic rings. The van der Waals surface area contributed by atoms with Crippen LogP contribution in [0.1, 0.15) is 26.5 Å². The van der Waals surface area contributed by atoms with Gasteiger partial charge in [-0.25, -0.2) is 0 Å². The van der Waals surface area contributed by atoms with Gasteiger partial charge in [0, 0.05) is 23.2 Å². The maximum absolute atomic E-state index is 4.65. The number of anilines is 1. The van der Waals surface area contributed by atoms with Gasteiger partial charge in [0.1, 0.15) is 0 Å². The fourth-order valence-corrected chi connectivity index (χ4v) is 2.01. The molecule has 0 atom stereocenters. The van der Waals surface area contributed by atoms with Crippen molar-refractivity contribution in [3.63, 3.8) is 0 Å². The molecule has 1 aromatic heterocycles. The maximum Gasteiger partial charge on any atom is 0.0726 e. The molecule has 0 spiro atoms. The van der Waals surface area contributed by atoms with Gasteiger partial charge in [-0.1, -0.05) is 18.2 Å². The molecule has 3 nitrogen and oxygen atoms in total. The van der Waals surface area contributed by atoms with E-state index in [-0.39, 0.29) is 5.54 Å². The van der Waals surface area contributed by atoms with Crippen LogP contribution in [0.25, 0.3) is 10.9 Å². The molecule has 0 aliphatic carbocycles. The van der Waals surface area contributed by atoms with Crippen LogP contribution in [-0.2, 0) is 6.54 Å². The highest BCUT2D eigenvalue weighted by Gasteiger charge is 2.12. The Morgan fingerprint density at radius 3 is 2.56 bits per heavy atom. The summed E-state index contributed by atoms with van der Waals surface area (Å²) in [5.74, 6) is 0. The Morgan fingerprint density at radius 2 is 1.89 bits per heavy atom. The van der Waals surface area contributed by atoms with Crippen molar-refractivity contribution in [2.24, 2.45) is 0 Å². The third-order valence-electron chi connectivity index (χ3n) is 2.64. The number of aromatic nitrogens is 1. The fourth-order valence-electron chi connectivity index (χ4n) is 2.01. The summed E-state index contributed by atoms with van der Waals surface area (Å²) in [5.41, 5.74) is 3.29. The first-order valence-corrected chi connectivity index (χ1v) is 6.31. The van der Waals surface area contributed by atoms with Crippen molar-refractivity contribution in [1.82, 2.24) is 10.3 Å². The number of fused-ring (bicyclic) bond motifs is 1. The minimum atomic E-state index is 0.0427. The van der Waals surface area contributed by atoms with Crippen LogP contribution in [0.2, 0.25) is 0 Å². The summed E-state index contributed by atoms with van der Waals surface area (Å²) in [4.78, 5) is 4.65. The number of pyridine rings is 1. The zero-order valence-corrected chi connectivity index (χ0v) is 11.5. The van der Waals surface area contributed by atoms with Crippen molar-refractivity contribution in [2.45, 2.75) is 32.9 Å². The van der Waals surface area contributed by atoms with Crippen LogP contribution in [-0.4, -0.2) is 17.6 Å². The van der Waals surface area contributed by atoms with Crippen molar-refractivity contribution >= 4 is 16.6 Å². The Labute approximate surface area is 109 Å². The van der Waals surface area contributed by atoms with Crippen molar-refractivity contribution in [2.75, 3.05) is 12.4 Å². The van der Waals surface area contributed by atoms with Crippen LogP contribution in [0.15, 0.2) is 30.3 Å². The van der Waals surface area contributed by atoms with Gasteiger partial charge in [0.05, 0.1) is 11.2 Å². The first-order chi connectivity index (χ1) is 8.49. The molecule has 0 saturated carbocycles. The Morgan fingerprint density at radius 1 is 1.17 bits per heavy atom. The smallest absolute Gasteiger partial charge is 0.0726 e. The third-order valence-corrected chi connectivity index (χ3v) is 2.64. The number of hydrogen-bond donors (Lipinski definition) is 2. The summed E-state index contributed by atoms with van der Waals surface area (Å²) < 4.78 is 0. The molecule has 96 valence electrons. The molecular formula is C15H21N3. The molecule has 0 radical (unpaired) electrons. The van der Waals surface area contributed by atoms with Gasteiger partial charge in [0.2, 0.25) is 0 Å². The molecule has 3 heteroatoms. The average Bonchev–Trinajstić information content (AvgIpc) is 2.27. The first-order valence-electron chi connectivity index (χ1n) is 6.31. The van der Waals surface area contributed by atoms with E-state index in [1.807, 2.05) is 13.1 Å². The number of para-hydroxylation sites is 1. The zero-order valence-electron chi connectivity index (χ0n) is 11.5. The van der Waals surface area contributed by atoms with Crippen molar-refractivity contribution in [3.8, 4) is 0 Å². The zero-order chi connectivity index (χ0) is 13.2. The topological polar surface area (TPSA) is 37.0 Å². The summed E-state index contributed by atoms with van der Waals surface area (Å²) in [7, 11) is 1.94. The van der Waals surface area contributed by atoms with Crippen molar-refractivity contribution in [1.29, 1.82) is 0 Å². The third kappa shape index (κ3) is 2.99. The molecule has 0 bridgehead atoms. The second-order valence-corrected chi connectivity index (χ2v) is 5.58. The predicted octanol–water partition coefficient (Wildman–Crippen LogP) is 3.16. The SMILES string of the molecule is CNCc1cc(NC(C)(C)C)c2ccccc2n1. The molecule has 2 aromatic rings. The van der Waals surface area contributed by atoms with Crippen LogP contribution in [0, 0.1) is 0 Å². The lowest BCUT2D eigenvalue weighted by Gasteiger charge is -2.23. The number of rotatable bonds is 3. The van der Waals surface area contributed by atoms with E-state index in [1.54, 1.807) is 0 Å². The molecular weight excluding hydrogens is 222 g/mol. The van der Waals surface area contributed by atoms with Gasteiger partial charge in [0.25, 0.3) is 0 Å². The second kappa shape index (κ2) is 4.94. The van der Waals surface area contributed by atoms with E-state index in [9.17, 15) is 0 Å². The largest absolute Gasteiger partial charge is 0.380 e. The Hall–Kier alpha value is -1.61. The van der Waals surface area contributed by atoms with Crippen LogP contribution in [0.3, 0.4) is 0 Å². The molecule has 2 rings (SSSR count). The van der Waals surface area contributed by atoms with E-state index < -0.39 is 0 Å². The van der Waals surface area contributed by atoms with E-state index in [1.165, 1.54) is 5.39 Å². The number of nitrogens with zero attached hydrogens (tertiary/aromatic N) is 1. The summed E-state index contributed by atoms with van der Waals surface area (Å²) >= 11 is 0. The number of hydrogen-bond acceptors (Lipinski definition) is 3. The van der Waals surface area contributed by atoms with Crippen LogP contribution >= 0.6 is 0 Å². The molecule has 0 aliphatic heterocycles. The van der Waals surface area contributed by atoms with Gasteiger partial charge < -0.3 is 10.6 Å². The number of benzene rings is 1. The van der Waals surface area contributed by atoms with Crippen LogP contribution in [0.5, 0.6) is 0 Å². The highest BCUT2D eigenvalue weighted by atomic mass is 15.0. The standard InChI is InChI=1S/C15H21N3/c1-15(2,3)18-14-9-11(10-16-4)17-13-8-6-5-7-12(13)14/h5-9,16H,10H2,1-4H3,(H,17,18). The fraction of sp³-hybridized carbons (Fsp3) is 0.400. The summed E-state index contributed by atoms with van der Waals surface area (Å²) in [6, 6.07) is 10.4. The van der Waals surface area contributed by atoms with E-state index in [2.05, 4.69) is 60.7 Å². The molecule has 0 fully saturated rings. The van der Waals surface area contributed by atoms with Gasteiger partial charge >= 0.3 is 0 Å². The molecule has 0 saturated heterocycles. The normalized spacial score (nSPS) is 11.8. The summed E-state index contributed by atoms with van der Waals surface area (Å²) in [6.45, 7) is 7.28. The van der Waals surface area contributed by atoms with E-state index in [4.69, 9.17) is 0 Å². The van der Waals surface area contributed by atoms with Gasteiger partial charge in [0.15, 0.2) is 0 Å². The second-order valence-electron chi connectivity index (χ2n) is 5.58. The van der Waals surface area contributed by atoms with Gasteiger partial charge in [-0.05, 0) is 40.0 Å². The van der Waals surface area contributed by atoms with E-state index >= 15 is 0 Å². The minimum Gasteiger partial charge on any atom is -0.380 e. The predicted molar refractivity (Wildman–Crippen MR) is 77.9 cm³/mol. The highest BCUT2D eigenvalue weighted by Crippen LogP contribution is 2.25. The Balaban J connectivity index is 2.53. The molecule has 1 aromatic carbocycles. The van der Waals surface area contributed by atoms with E-state index in [0.717, 1.165) is 23.4 Å². The van der Waals surface area contributed by atoms with Gasteiger partial charge in [-0.2, -0.15) is 0 Å². The van der Waals surface area contributed by atoms with E-state index in [0.29, 0.717) is 0 Å². The maximum atomic E-state index is 4.65.